The van der Waals surface area contributed by atoms with Gasteiger partial charge in [-0.2, -0.15) is 0 Å². The third-order valence-electron chi connectivity index (χ3n) is 2.88. The predicted molar refractivity (Wildman–Crippen MR) is 78.4 cm³/mol. The summed E-state index contributed by atoms with van der Waals surface area (Å²) >= 11 is 0. The van der Waals surface area contributed by atoms with Gasteiger partial charge in [0.25, 0.3) is 0 Å². The molecule has 0 aliphatic rings. The van der Waals surface area contributed by atoms with E-state index in [0.717, 1.165) is 11.3 Å². The van der Waals surface area contributed by atoms with Crippen molar-refractivity contribution in [2.75, 3.05) is 11.4 Å². The van der Waals surface area contributed by atoms with Crippen molar-refractivity contribution >= 4 is 17.5 Å². The van der Waals surface area contributed by atoms with Crippen LogP contribution in [0.1, 0.15) is 18.2 Å². The number of rotatable bonds is 4. The summed E-state index contributed by atoms with van der Waals surface area (Å²) in [6, 6.07) is 9.67. The fourth-order valence-electron chi connectivity index (χ4n) is 1.91. The molecule has 0 atom stereocenters. The van der Waals surface area contributed by atoms with E-state index in [1.54, 1.807) is 12.3 Å². The summed E-state index contributed by atoms with van der Waals surface area (Å²) in [5.41, 5.74) is 8.12. The molecule has 1 aromatic heterocycles. The molecule has 3 N–H and O–H groups in total. The van der Waals surface area contributed by atoms with Gasteiger partial charge in [-0.25, -0.2) is 9.97 Å². The average molecular weight is 271 g/mol. The fourth-order valence-corrected chi connectivity index (χ4v) is 1.91. The molecule has 0 amide bonds. The lowest BCUT2D eigenvalue weighted by Crippen LogP contribution is -2.22. The minimum Gasteiger partial charge on any atom is -0.409 e. The smallest absolute Gasteiger partial charge is 0.230 e. The molecule has 6 heteroatoms. The van der Waals surface area contributed by atoms with Crippen LogP contribution in [0.2, 0.25) is 0 Å². The Morgan fingerprint density at radius 3 is 2.85 bits per heavy atom. The Balaban J connectivity index is 2.42. The van der Waals surface area contributed by atoms with Crippen molar-refractivity contribution in [3.05, 3.63) is 47.8 Å². The van der Waals surface area contributed by atoms with Gasteiger partial charge in [0.05, 0.1) is 0 Å². The molecule has 0 fully saturated rings. The second-order valence-electron chi connectivity index (χ2n) is 4.31. The summed E-state index contributed by atoms with van der Waals surface area (Å²) in [7, 11) is 0. The van der Waals surface area contributed by atoms with E-state index in [1.165, 1.54) is 0 Å². The minimum absolute atomic E-state index is 0.0334. The fraction of sp³-hybridized carbons (Fsp3) is 0.214. The lowest BCUT2D eigenvalue weighted by Gasteiger charge is -2.21. The summed E-state index contributed by atoms with van der Waals surface area (Å²) < 4.78 is 0. The largest absolute Gasteiger partial charge is 0.409 e. The first-order valence-corrected chi connectivity index (χ1v) is 6.31. The first-order chi connectivity index (χ1) is 9.65. The van der Waals surface area contributed by atoms with E-state index in [1.807, 2.05) is 36.9 Å². The molecule has 0 saturated heterocycles. The highest BCUT2D eigenvalue weighted by molar-refractivity contribution is 5.95. The number of benzene rings is 1. The number of hydrogen-bond acceptors (Lipinski definition) is 5. The maximum Gasteiger partial charge on any atom is 0.230 e. The maximum atomic E-state index is 8.72. The third-order valence-corrected chi connectivity index (χ3v) is 2.88. The van der Waals surface area contributed by atoms with Crippen LogP contribution in [0.15, 0.2) is 41.7 Å². The Labute approximate surface area is 117 Å². The highest BCUT2D eigenvalue weighted by Gasteiger charge is 2.12. The number of aryl methyl sites for hydroxylation is 1. The van der Waals surface area contributed by atoms with E-state index < -0.39 is 0 Å². The van der Waals surface area contributed by atoms with Crippen molar-refractivity contribution in [2.45, 2.75) is 13.8 Å². The highest BCUT2D eigenvalue weighted by atomic mass is 16.4. The summed E-state index contributed by atoms with van der Waals surface area (Å²) in [5.74, 6) is 0.483. The Hall–Kier alpha value is -2.63. The van der Waals surface area contributed by atoms with E-state index >= 15 is 0 Å². The monoisotopic (exact) mass is 271 g/mol. The molecule has 6 nitrogen and oxygen atoms in total. The highest BCUT2D eigenvalue weighted by Crippen LogP contribution is 2.22. The zero-order valence-electron chi connectivity index (χ0n) is 11.5. The van der Waals surface area contributed by atoms with Crippen LogP contribution in [-0.2, 0) is 0 Å². The van der Waals surface area contributed by atoms with E-state index in [0.29, 0.717) is 18.2 Å². The SMILES string of the molecule is CCN(c1cccc(C)c1)c1nccc(/C(N)=N/O)n1. The molecule has 2 rings (SSSR count). The van der Waals surface area contributed by atoms with Crippen molar-refractivity contribution in [3.63, 3.8) is 0 Å². The number of anilines is 2. The van der Waals surface area contributed by atoms with Gasteiger partial charge in [-0.3, -0.25) is 0 Å². The van der Waals surface area contributed by atoms with Crippen LogP contribution in [0.4, 0.5) is 11.6 Å². The van der Waals surface area contributed by atoms with Crippen LogP contribution >= 0.6 is 0 Å². The molecule has 0 unspecified atom stereocenters. The number of oxime groups is 1. The molecule has 1 heterocycles. The van der Waals surface area contributed by atoms with Crippen molar-refractivity contribution in [1.82, 2.24) is 9.97 Å². The second kappa shape index (κ2) is 6.01. The standard InChI is InChI=1S/C14H17N5O/c1-3-19(11-6-4-5-10(2)9-11)14-16-8-7-12(17-14)13(15)18-20/h4-9,20H,3H2,1-2H3,(H2,15,18). The minimum atomic E-state index is -0.0334. The molecule has 0 aliphatic heterocycles. The van der Waals surface area contributed by atoms with E-state index in [9.17, 15) is 0 Å². The molecule has 0 bridgehead atoms. The molecule has 0 radical (unpaired) electrons. The topological polar surface area (TPSA) is 87.6 Å². The van der Waals surface area contributed by atoms with E-state index in [2.05, 4.69) is 21.2 Å². The van der Waals surface area contributed by atoms with Gasteiger partial charge >= 0.3 is 0 Å². The van der Waals surface area contributed by atoms with Gasteiger partial charge in [0.2, 0.25) is 5.95 Å². The molecular weight excluding hydrogens is 254 g/mol. The Kier molecular flexibility index (Phi) is 4.14. The molecule has 2 aromatic rings. The molecule has 20 heavy (non-hydrogen) atoms. The quantitative estimate of drug-likeness (QED) is 0.384. The van der Waals surface area contributed by atoms with Gasteiger partial charge in [-0.15, -0.1) is 0 Å². The lowest BCUT2D eigenvalue weighted by atomic mass is 10.2. The average Bonchev–Trinajstić information content (AvgIpc) is 2.47. The third kappa shape index (κ3) is 2.85. The predicted octanol–water partition coefficient (Wildman–Crippen LogP) is 2.04. The van der Waals surface area contributed by atoms with E-state index in [4.69, 9.17) is 10.9 Å². The number of nitrogens with two attached hydrogens (primary N) is 1. The van der Waals surface area contributed by atoms with Crippen LogP contribution in [0.5, 0.6) is 0 Å². The van der Waals surface area contributed by atoms with Gasteiger partial charge in [-0.1, -0.05) is 17.3 Å². The van der Waals surface area contributed by atoms with Gasteiger partial charge in [0.1, 0.15) is 5.69 Å². The van der Waals surface area contributed by atoms with Gasteiger partial charge in [-0.05, 0) is 37.6 Å². The summed E-state index contributed by atoms with van der Waals surface area (Å²) in [6.45, 7) is 4.76. The van der Waals surface area contributed by atoms with Crippen LogP contribution < -0.4 is 10.6 Å². The Bertz CT molecular complexity index is 626. The van der Waals surface area contributed by atoms with Crippen LogP contribution in [-0.4, -0.2) is 27.6 Å². The summed E-state index contributed by atoms with van der Waals surface area (Å²) in [4.78, 5) is 10.5. The molecule has 0 spiro atoms. The number of amidine groups is 1. The van der Waals surface area contributed by atoms with Crippen molar-refractivity contribution in [2.24, 2.45) is 10.9 Å². The van der Waals surface area contributed by atoms with Crippen molar-refractivity contribution in [3.8, 4) is 0 Å². The van der Waals surface area contributed by atoms with Crippen molar-refractivity contribution in [1.29, 1.82) is 0 Å². The van der Waals surface area contributed by atoms with Crippen LogP contribution in [0.3, 0.4) is 0 Å². The zero-order chi connectivity index (χ0) is 14.5. The first kappa shape index (κ1) is 13.8. The second-order valence-corrected chi connectivity index (χ2v) is 4.31. The summed E-state index contributed by atoms with van der Waals surface area (Å²) in [6.07, 6.45) is 1.59. The number of aromatic nitrogens is 2. The molecule has 0 saturated carbocycles. The number of nitrogens with zero attached hydrogens (tertiary/aromatic N) is 4. The Morgan fingerprint density at radius 2 is 2.20 bits per heavy atom. The molecule has 104 valence electrons. The lowest BCUT2D eigenvalue weighted by molar-refractivity contribution is 0.318. The van der Waals surface area contributed by atoms with E-state index in [-0.39, 0.29) is 5.84 Å². The summed E-state index contributed by atoms with van der Waals surface area (Å²) in [5, 5.41) is 11.7. The zero-order valence-corrected chi connectivity index (χ0v) is 11.5. The van der Waals surface area contributed by atoms with Gasteiger partial charge in [0, 0.05) is 18.4 Å². The van der Waals surface area contributed by atoms with Crippen LogP contribution in [0.25, 0.3) is 0 Å². The van der Waals surface area contributed by atoms with Crippen molar-refractivity contribution < 1.29 is 5.21 Å². The first-order valence-electron chi connectivity index (χ1n) is 6.31. The van der Waals surface area contributed by atoms with Gasteiger partial charge < -0.3 is 15.8 Å². The van der Waals surface area contributed by atoms with Crippen LogP contribution in [0, 0.1) is 6.92 Å². The van der Waals surface area contributed by atoms with Gasteiger partial charge in [0.15, 0.2) is 5.84 Å². The molecule has 1 aromatic carbocycles. The molecule has 0 aliphatic carbocycles. The number of hydrogen-bond donors (Lipinski definition) is 2. The molecular formula is C14H17N5O. The Morgan fingerprint density at radius 1 is 1.40 bits per heavy atom. The maximum absolute atomic E-state index is 8.72. The normalized spacial score (nSPS) is 11.4.